The monoisotopic (exact) mass is 406 g/mol. The van der Waals surface area contributed by atoms with Gasteiger partial charge in [-0.05, 0) is 25.2 Å². The fraction of sp³-hybridized carbons (Fsp3) is 0.667. The molecule has 1 saturated heterocycles. The summed E-state index contributed by atoms with van der Waals surface area (Å²) < 4.78 is 0. The van der Waals surface area contributed by atoms with Crippen molar-refractivity contribution < 1.29 is 0 Å². The third kappa shape index (κ3) is 8.73. The number of nitrogens with one attached hydrogen (secondary N) is 1. The van der Waals surface area contributed by atoms with E-state index in [0.29, 0.717) is 6.04 Å². The summed E-state index contributed by atoms with van der Waals surface area (Å²) >= 11 is 0. The van der Waals surface area contributed by atoms with Crippen LogP contribution in [0.1, 0.15) is 25.6 Å². The molecule has 8 heteroatoms. The molecule has 0 amide bonds. The maximum atomic E-state index is 4.59. The van der Waals surface area contributed by atoms with E-state index in [0.717, 1.165) is 45.8 Å². The number of piperazine rings is 1. The second-order valence-corrected chi connectivity index (χ2v) is 5.04. The van der Waals surface area contributed by atoms with E-state index in [-0.39, 0.29) is 49.6 Å². The van der Waals surface area contributed by atoms with Crippen LogP contribution < -0.4 is 5.32 Å². The summed E-state index contributed by atoms with van der Waals surface area (Å²) in [5.41, 5.74) is 1.20. The van der Waals surface area contributed by atoms with Crippen LogP contribution in [-0.2, 0) is 0 Å². The van der Waals surface area contributed by atoms with Gasteiger partial charge in [0.2, 0.25) is 0 Å². The van der Waals surface area contributed by atoms with Gasteiger partial charge in [0.1, 0.15) is 0 Å². The predicted molar refractivity (Wildman–Crippen MR) is 108 cm³/mol. The Balaban J connectivity index is -0.000001000. The van der Waals surface area contributed by atoms with Crippen molar-refractivity contribution in [1.82, 2.24) is 20.1 Å². The van der Waals surface area contributed by atoms with Crippen molar-refractivity contribution in [3.63, 3.8) is 0 Å². The van der Waals surface area contributed by atoms with Gasteiger partial charge in [0, 0.05) is 38.9 Å². The summed E-state index contributed by atoms with van der Waals surface area (Å²) in [5.74, 6) is 0. The second kappa shape index (κ2) is 15.7. The molecule has 138 valence electrons. The molecule has 0 aliphatic carbocycles. The molecule has 0 saturated carbocycles. The molecule has 1 atom stereocenters. The van der Waals surface area contributed by atoms with Gasteiger partial charge in [-0.15, -0.1) is 49.6 Å². The standard InChI is InChI=1S/C15H26N4.4ClH/c1-3-18(4-2)13-15(14-7-5-6-8-17-14)19-11-9-16-10-12-19;;;;/h5-8,15-16H,3-4,9-13H2,1-2H3;4*1H. The molecule has 4 nitrogen and oxygen atoms in total. The van der Waals surface area contributed by atoms with Crippen LogP contribution in [0.25, 0.3) is 0 Å². The number of pyridine rings is 1. The number of hydrogen-bond acceptors (Lipinski definition) is 4. The molecule has 1 aliphatic heterocycles. The van der Waals surface area contributed by atoms with E-state index in [2.05, 4.69) is 46.1 Å². The summed E-state index contributed by atoms with van der Waals surface area (Å²) in [6.07, 6.45) is 1.91. The molecule has 0 spiro atoms. The SMILES string of the molecule is CCN(CC)CC(c1ccccn1)N1CCNCC1.Cl.Cl.Cl.Cl. The molecular weight excluding hydrogens is 378 g/mol. The van der Waals surface area contributed by atoms with Gasteiger partial charge in [0.25, 0.3) is 0 Å². The highest BCUT2D eigenvalue weighted by Gasteiger charge is 2.24. The third-order valence-corrected chi connectivity index (χ3v) is 3.95. The first-order chi connectivity index (χ1) is 9.35. The number of halogens is 4. The number of nitrogens with zero attached hydrogens (tertiary/aromatic N) is 3. The molecule has 1 aliphatic rings. The van der Waals surface area contributed by atoms with E-state index in [1.54, 1.807) is 0 Å². The molecule has 0 bridgehead atoms. The van der Waals surface area contributed by atoms with Crippen LogP contribution in [0.5, 0.6) is 0 Å². The van der Waals surface area contributed by atoms with Gasteiger partial charge in [-0.25, -0.2) is 0 Å². The molecule has 1 N–H and O–H groups in total. The van der Waals surface area contributed by atoms with E-state index >= 15 is 0 Å². The second-order valence-electron chi connectivity index (χ2n) is 5.04. The minimum absolute atomic E-state index is 0. The maximum Gasteiger partial charge on any atom is 0.0650 e. The van der Waals surface area contributed by atoms with Gasteiger partial charge in [0.05, 0.1) is 11.7 Å². The number of aromatic nitrogens is 1. The highest BCUT2D eigenvalue weighted by molar-refractivity contribution is 5.86. The lowest BCUT2D eigenvalue weighted by Gasteiger charge is -2.37. The summed E-state index contributed by atoms with van der Waals surface area (Å²) in [7, 11) is 0. The molecule has 2 heterocycles. The Morgan fingerprint density at radius 1 is 1.09 bits per heavy atom. The largest absolute Gasteiger partial charge is 0.314 e. The van der Waals surface area contributed by atoms with Crippen molar-refractivity contribution in [2.75, 3.05) is 45.8 Å². The molecule has 23 heavy (non-hydrogen) atoms. The van der Waals surface area contributed by atoms with Gasteiger partial charge in [-0.3, -0.25) is 9.88 Å². The van der Waals surface area contributed by atoms with Crippen molar-refractivity contribution in [3.8, 4) is 0 Å². The molecule has 2 rings (SSSR count). The molecule has 1 fully saturated rings. The van der Waals surface area contributed by atoms with Gasteiger partial charge in [0.15, 0.2) is 0 Å². The van der Waals surface area contributed by atoms with Gasteiger partial charge < -0.3 is 10.2 Å². The fourth-order valence-electron chi connectivity index (χ4n) is 2.69. The first kappa shape index (κ1) is 28.0. The van der Waals surface area contributed by atoms with Crippen molar-refractivity contribution >= 4 is 49.6 Å². The summed E-state index contributed by atoms with van der Waals surface area (Å²) in [4.78, 5) is 9.64. The van der Waals surface area contributed by atoms with E-state index in [9.17, 15) is 0 Å². The van der Waals surface area contributed by atoms with Crippen LogP contribution >= 0.6 is 49.6 Å². The van der Waals surface area contributed by atoms with E-state index in [1.807, 2.05) is 12.3 Å². The minimum Gasteiger partial charge on any atom is -0.314 e. The van der Waals surface area contributed by atoms with Crippen molar-refractivity contribution in [2.24, 2.45) is 0 Å². The summed E-state index contributed by atoms with van der Waals surface area (Å²) in [6, 6.07) is 6.68. The van der Waals surface area contributed by atoms with Crippen LogP contribution in [0.3, 0.4) is 0 Å². The van der Waals surface area contributed by atoms with Gasteiger partial charge in [-0.2, -0.15) is 0 Å². The molecule has 1 aromatic rings. The van der Waals surface area contributed by atoms with Gasteiger partial charge >= 0.3 is 0 Å². The maximum absolute atomic E-state index is 4.59. The zero-order chi connectivity index (χ0) is 13.5. The molecular formula is C15H30Cl4N4. The average molecular weight is 408 g/mol. The van der Waals surface area contributed by atoms with Crippen molar-refractivity contribution in [2.45, 2.75) is 19.9 Å². The first-order valence-corrected chi connectivity index (χ1v) is 7.43. The Kier molecular flexibility index (Phi) is 19.1. The van der Waals surface area contributed by atoms with E-state index in [1.165, 1.54) is 5.69 Å². The highest BCUT2D eigenvalue weighted by Crippen LogP contribution is 2.20. The zero-order valence-corrected chi connectivity index (χ0v) is 17.1. The predicted octanol–water partition coefficient (Wildman–Crippen LogP) is 3.06. The van der Waals surface area contributed by atoms with Crippen LogP contribution in [0.2, 0.25) is 0 Å². The molecule has 0 aromatic carbocycles. The van der Waals surface area contributed by atoms with Crippen LogP contribution in [0.15, 0.2) is 24.4 Å². The molecule has 1 aromatic heterocycles. The first-order valence-electron chi connectivity index (χ1n) is 7.43. The number of hydrogen-bond donors (Lipinski definition) is 1. The zero-order valence-electron chi connectivity index (χ0n) is 13.8. The van der Waals surface area contributed by atoms with Crippen LogP contribution in [-0.4, -0.2) is 60.6 Å². The highest BCUT2D eigenvalue weighted by atomic mass is 35.5. The smallest absolute Gasteiger partial charge is 0.0650 e. The van der Waals surface area contributed by atoms with Gasteiger partial charge in [-0.1, -0.05) is 19.9 Å². The molecule has 1 unspecified atom stereocenters. The lowest BCUT2D eigenvalue weighted by atomic mass is 10.1. The lowest BCUT2D eigenvalue weighted by molar-refractivity contribution is 0.126. The lowest BCUT2D eigenvalue weighted by Crippen LogP contribution is -2.48. The Morgan fingerprint density at radius 2 is 1.70 bits per heavy atom. The number of likely N-dealkylation sites (N-methyl/N-ethyl adjacent to an activating group) is 1. The fourth-order valence-corrected chi connectivity index (χ4v) is 2.69. The minimum atomic E-state index is 0. The summed E-state index contributed by atoms with van der Waals surface area (Å²) in [6.45, 7) is 12.1. The van der Waals surface area contributed by atoms with E-state index in [4.69, 9.17) is 0 Å². The third-order valence-electron chi connectivity index (χ3n) is 3.95. The topological polar surface area (TPSA) is 31.4 Å². The quantitative estimate of drug-likeness (QED) is 0.785. The Hall–Kier alpha value is 0.190. The van der Waals surface area contributed by atoms with Crippen LogP contribution in [0, 0.1) is 0 Å². The average Bonchev–Trinajstić information content (AvgIpc) is 2.50. The number of rotatable bonds is 6. The Bertz CT molecular complexity index is 360. The van der Waals surface area contributed by atoms with Crippen LogP contribution in [0.4, 0.5) is 0 Å². The van der Waals surface area contributed by atoms with Crippen molar-refractivity contribution in [1.29, 1.82) is 0 Å². The molecule has 0 radical (unpaired) electrons. The van der Waals surface area contributed by atoms with E-state index < -0.39 is 0 Å². The summed E-state index contributed by atoms with van der Waals surface area (Å²) in [5, 5.41) is 3.43. The Labute approximate surface area is 165 Å². The Morgan fingerprint density at radius 3 is 2.17 bits per heavy atom. The normalized spacial score (nSPS) is 15.4. The van der Waals surface area contributed by atoms with Crippen molar-refractivity contribution in [3.05, 3.63) is 30.1 Å².